The highest BCUT2D eigenvalue weighted by molar-refractivity contribution is 5.76. The van der Waals surface area contributed by atoms with Crippen molar-refractivity contribution in [1.82, 2.24) is 5.32 Å². The molecule has 1 aliphatic carbocycles. The summed E-state index contributed by atoms with van der Waals surface area (Å²) < 4.78 is 5.10. The molecular weight excluding hydrogens is 268 g/mol. The van der Waals surface area contributed by atoms with Gasteiger partial charge >= 0.3 is 0 Å². The first-order chi connectivity index (χ1) is 10.1. The first-order valence-corrected chi connectivity index (χ1v) is 7.45. The maximum atomic E-state index is 11.1. The molecule has 116 valence electrons. The summed E-state index contributed by atoms with van der Waals surface area (Å²) in [5.74, 6) is 0.616. The van der Waals surface area contributed by atoms with Gasteiger partial charge in [0.1, 0.15) is 5.75 Å². The Labute approximate surface area is 125 Å². The summed E-state index contributed by atoms with van der Waals surface area (Å²) in [7, 11) is 1.62. The third kappa shape index (κ3) is 4.44. The number of primary amides is 1. The van der Waals surface area contributed by atoms with E-state index in [1.54, 1.807) is 7.11 Å². The zero-order valence-electron chi connectivity index (χ0n) is 12.4. The summed E-state index contributed by atoms with van der Waals surface area (Å²) in [6, 6.07) is 7.78. The number of rotatable bonds is 6. The van der Waals surface area contributed by atoms with Crippen molar-refractivity contribution in [2.75, 3.05) is 13.7 Å². The zero-order valence-corrected chi connectivity index (χ0v) is 12.4. The molecule has 0 spiro atoms. The van der Waals surface area contributed by atoms with Crippen molar-refractivity contribution in [3.63, 3.8) is 0 Å². The second kappa shape index (κ2) is 7.43. The molecule has 5 heteroatoms. The van der Waals surface area contributed by atoms with Crippen LogP contribution >= 0.6 is 0 Å². The van der Waals surface area contributed by atoms with E-state index in [2.05, 4.69) is 5.32 Å². The number of hydrogen-bond donors (Lipinski definition) is 3. The fourth-order valence-electron chi connectivity index (χ4n) is 2.80. The van der Waals surface area contributed by atoms with Crippen LogP contribution in [0.1, 0.15) is 37.4 Å². The van der Waals surface area contributed by atoms with E-state index in [9.17, 15) is 9.90 Å². The van der Waals surface area contributed by atoms with E-state index in [4.69, 9.17) is 10.5 Å². The van der Waals surface area contributed by atoms with Crippen LogP contribution in [0.4, 0.5) is 0 Å². The lowest BCUT2D eigenvalue weighted by Crippen LogP contribution is -2.38. The molecular formula is C16H24N2O3. The lowest BCUT2D eigenvalue weighted by molar-refractivity contribution is -0.122. The smallest absolute Gasteiger partial charge is 0.220 e. The number of amides is 1. The van der Waals surface area contributed by atoms with E-state index in [1.807, 2.05) is 24.3 Å². The molecule has 0 bridgehead atoms. The highest BCUT2D eigenvalue weighted by Gasteiger charge is 2.24. The van der Waals surface area contributed by atoms with E-state index in [-0.39, 0.29) is 11.8 Å². The van der Waals surface area contributed by atoms with Crippen LogP contribution in [-0.4, -0.2) is 30.7 Å². The quantitative estimate of drug-likeness (QED) is 0.739. The van der Waals surface area contributed by atoms with Crippen LogP contribution in [-0.2, 0) is 4.79 Å². The van der Waals surface area contributed by atoms with Crippen LogP contribution in [0.2, 0.25) is 0 Å². The molecule has 4 N–H and O–H groups in total. The van der Waals surface area contributed by atoms with E-state index in [0.717, 1.165) is 37.0 Å². The van der Waals surface area contributed by atoms with E-state index in [1.165, 1.54) is 0 Å². The number of nitrogens with one attached hydrogen (secondary N) is 1. The predicted octanol–water partition coefficient (Wildman–Crippen LogP) is 1.36. The van der Waals surface area contributed by atoms with E-state index >= 15 is 0 Å². The molecule has 2 rings (SSSR count). The number of methoxy groups -OCH3 is 1. The molecule has 1 saturated carbocycles. The molecule has 1 atom stereocenters. The number of ether oxygens (including phenoxy) is 1. The molecule has 0 radical (unpaired) electrons. The van der Waals surface area contributed by atoms with Crippen molar-refractivity contribution in [1.29, 1.82) is 0 Å². The van der Waals surface area contributed by atoms with Crippen molar-refractivity contribution in [3.8, 4) is 5.75 Å². The molecule has 1 aromatic carbocycles. The average Bonchev–Trinajstić information content (AvgIpc) is 2.53. The number of benzene rings is 1. The summed E-state index contributed by atoms with van der Waals surface area (Å²) >= 11 is 0. The first kappa shape index (κ1) is 15.8. The minimum absolute atomic E-state index is 0.0227. The largest absolute Gasteiger partial charge is 0.497 e. The molecule has 1 fully saturated rings. The molecule has 21 heavy (non-hydrogen) atoms. The van der Waals surface area contributed by atoms with E-state index < -0.39 is 6.10 Å². The number of nitrogens with two attached hydrogens (primary N) is 1. The number of aliphatic hydroxyl groups is 1. The molecule has 1 amide bonds. The number of hydrogen-bond acceptors (Lipinski definition) is 4. The molecule has 0 aromatic heterocycles. The minimum atomic E-state index is -0.537. The zero-order chi connectivity index (χ0) is 15.2. The van der Waals surface area contributed by atoms with Crippen LogP contribution in [0, 0.1) is 5.92 Å². The molecule has 1 aromatic rings. The van der Waals surface area contributed by atoms with Crippen LogP contribution in [0.3, 0.4) is 0 Å². The van der Waals surface area contributed by atoms with Gasteiger partial charge in [-0.2, -0.15) is 0 Å². The summed E-state index contributed by atoms with van der Waals surface area (Å²) in [4.78, 5) is 11.1. The summed E-state index contributed by atoms with van der Waals surface area (Å²) in [6.45, 7) is 0.512. The average molecular weight is 292 g/mol. The van der Waals surface area contributed by atoms with Crippen LogP contribution in [0.25, 0.3) is 0 Å². The van der Waals surface area contributed by atoms with Crippen LogP contribution in [0.5, 0.6) is 5.75 Å². The van der Waals surface area contributed by atoms with Crippen LogP contribution in [0.15, 0.2) is 24.3 Å². The fourth-order valence-corrected chi connectivity index (χ4v) is 2.80. The standard InChI is InChI=1S/C16H24N2O3/c1-21-14-8-4-11(5-9-14)15(19)10-18-13-6-2-12(3-7-13)16(17)20/h4-5,8-9,12-13,15,18-19H,2-3,6-7,10H2,1H3,(H2,17,20). The van der Waals surface area contributed by atoms with Gasteiger partial charge in [0.25, 0.3) is 0 Å². The van der Waals surface area contributed by atoms with E-state index in [0.29, 0.717) is 12.6 Å². The highest BCUT2D eigenvalue weighted by atomic mass is 16.5. The highest BCUT2D eigenvalue weighted by Crippen LogP contribution is 2.24. The Morgan fingerprint density at radius 2 is 1.95 bits per heavy atom. The summed E-state index contributed by atoms with van der Waals surface area (Å²) in [6.07, 6.45) is 3.01. The molecule has 5 nitrogen and oxygen atoms in total. The van der Waals surface area contributed by atoms with Crippen molar-refractivity contribution in [3.05, 3.63) is 29.8 Å². The third-order valence-corrected chi connectivity index (χ3v) is 4.23. The second-order valence-electron chi connectivity index (χ2n) is 5.65. The van der Waals surface area contributed by atoms with Crippen LogP contribution < -0.4 is 15.8 Å². The van der Waals surface area contributed by atoms with Gasteiger partial charge < -0.3 is 20.9 Å². The van der Waals surface area contributed by atoms with Crippen molar-refractivity contribution in [2.45, 2.75) is 37.8 Å². The summed E-state index contributed by atoms with van der Waals surface area (Å²) in [5.41, 5.74) is 6.19. The van der Waals surface area contributed by atoms with Gasteiger partial charge in [0.05, 0.1) is 13.2 Å². The monoisotopic (exact) mass is 292 g/mol. The Balaban J connectivity index is 1.76. The Hall–Kier alpha value is -1.59. The lowest BCUT2D eigenvalue weighted by atomic mass is 9.85. The Kier molecular flexibility index (Phi) is 5.59. The normalized spacial score (nSPS) is 23.5. The third-order valence-electron chi connectivity index (χ3n) is 4.23. The molecule has 0 heterocycles. The maximum Gasteiger partial charge on any atom is 0.220 e. The van der Waals surface area contributed by atoms with Crippen molar-refractivity contribution in [2.24, 2.45) is 11.7 Å². The van der Waals surface area contributed by atoms with Gasteiger partial charge in [-0.3, -0.25) is 4.79 Å². The Bertz CT molecular complexity index is 453. The van der Waals surface area contributed by atoms with Gasteiger partial charge in [-0.1, -0.05) is 12.1 Å². The Morgan fingerprint density at radius 1 is 1.33 bits per heavy atom. The first-order valence-electron chi connectivity index (χ1n) is 7.45. The molecule has 0 saturated heterocycles. The van der Waals surface area contributed by atoms with Gasteiger partial charge in [-0.25, -0.2) is 0 Å². The van der Waals surface area contributed by atoms with Gasteiger partial charge in [0, 0.05) is 18.5 Å². The lowest BCUT2D eigenvalue weighted by Gasteiger charge is -2.28. The Morgan fingerprint density at radius 3 is 2.48 bits per heavy atom. The predicted molar refractivity (Wildman–Crippen MR) is 80.9 cm³/mol. The number of aliphatic hydroxyl groups excluding tert-OH is 1. The molecule has 1 unspecified atom stereocenters. The van der Waals surface area contributed by atoms with Gasteiger partial charge in [0.15, 0.2) is 0 Å². The SMILES string of the molecule is COc1ccc(C(O)CNC2CCC(C(N)=O)CC2)cc1. The molecule has 1 aliphatic rings. The fraction of sp³-hybridized carbons (Fsp3) is 0.562. The number of carbonyl (C=O) groups excluding carboxylic acids is 1. The molecule has 0 aliphatic heterocycles. The van der Waals surface area contributed by atoms with Crippen molar-refractivity contribution < 1.29 is 14.6 Å². The topological polar surface area (TPSA) is 84.6 Å². The number of carbonyl (C=O) groups is 1. The second-order valence-corrected chi connectivity index (χ2v) is 5.65. The van der Waals surface area contributed by atoms with Gasteiger partial charge in [-0.15, -0.1) is 0 Å². The van der Waals surface area contributed by atoms with Gasteiger partial charge in [-0.05, 0) is 43.4 Å². The maximum absolute atomic E-state index is 11.1. The van der Waals surface area contributed by atoms with Crippen molar-refractivity contribution >= 4 is 5.91 Å². The minimum Gasteiger partial charge on any atom is -0.497 e. The summed E-state index contributed by atoms with van der Waals surface area (Å²) in [5, 5.41) is 13.6. The van der Waals surface area contributed by atoms with Gasteiger partial charge in [0.2, 0.25) is 5.91 Å².